The topological polar surface area (TPSA) is 63.3 Å². The highest BCUT2D eigenvalue weighted by Gasteiger charge is 2.12. The second kappa shape index (κ2) is 4.59. The maximum absolute atomic E-state index is 12.1. The van der Waals surface area contributed by atoms with Crippen LogP contribution in [0.2, 0.25) is 0 Å². The van der Waals surface area contributed by atoms with Crippen molar-refractivity contribution >= 4 is 27.4 Å². The standard InChI is InChI=1S/C13H10BrNO2/c14-9-3-1-2-8(6-9)13(17)11-5-4-10(16)7-12(11)15/h1-7,16H,15H2. The molecule has 0 fully saturated rings. The minimum atomic E-state index is -0.163. The van der Waals surface area contributed by atoms with Gasteiger partial charge < -0.3 is 10.8 Å². The van der Waals surface area contributed by atoms with Gasteiger partial charge >= 0.3 is 0 Å². The predicted octanol–water partition coefficient (Wildman–Crippen LogP) is 2.97. The first kappa shape index (κ1) is 11.7. The summed E-state index contributed by atoms with van der Waals surface area (Å²) in [7, 11) is 0. The van der Waals surface area contributed by atoms with Crippen molar-refractivity contribution in [3.63, 3.8) is 0 Å². The molecule has 0 aliphatic rings. The van der Waals surface area contributed by atoms with E-state index >= 15 is 0 Å². The molecule has 0 atom stereocenters. The van der Waals surface area contributed by atoms with E-state index in [1.807, 2.05) is 6.07 Å². The molecule has 0 amide bonds. The van der Waals surface area contributed by atoms with E-state index in [9.17, 15) is 9.90 Å². The SMILES string of the molecule is Nc1cc(O)ccc1C(=O)c1cccc(Br)c1. The Bertz CT molecular complexity index is 581. The van der Waals surface area contributed by atoms with Crippen molar-refractivity contribution < 1.29 is 9.90 Å². The Morgan fingerprint density at radius 2 is 1.94 bits per heavy atom. The number of rotatable bonds is 2. The quantitative estimate of drug-likeness (QED) is 0.660. The largest absolute Gasteiger partial charge is 0.508 e. The Hall–Kier alpha value is -1.81. The summed E-state index contributed by atoms with van der Waals surface area (Å²) in [5, 5.41) is 9.24. The predicted molar refractivity (Wildman–Crippen MR) is 70.1 cm³/mol. The van der Waals surface area contributed by atoms with E-state index in [-0.39, 0.29) is 17.2 Å². The fourth-order valence-electron chi connectivity index (χ4n) is 1.54. The number of nitrogens with two attached hydrogens (primary N) is 1. The van der Waals surface area contributed by atoms with Gasteiger partial charge in [-0.2, -0.15) is 0 Å². The van der Waals surface area contributed by atoms with E-state index in [4.69, 9.17) is 5.73 Å². The molecule has 2 aromatic carbocycles. The molecule has 0 unspecified atom stereocenters. The molecule has 2 aromatic rings. The normalized spacial score (nSPS) is 10.2. The van der Waals surface area contributed by atoms with Crippen LogP contribution < -0.4 is 5.73 Å². The number of nitrogen functional groups attached to an aromatic ring is 1. The summed E-state index contributed by atoms with van der Waals surface area (Å²) >= 11 is 3.31. The lowest BCUT2D eigenvalue weighted by atomic mass is 10.0. The number of ketones is 1. The van der Waals surface area contributed by atoms with Gasteiger partial charge in [0.25, 0.3) is 0 Å². The Morgan fingerprint density at radius 3 is 2.59 bits per heavy atom. The number of phenolic OH excluding ortho intramolecular Hbond substituents is 1. The number of aromatic hydroxyl groups is 1. The van der Waals surface area contributed by atoms with E-state index < -0.39 is 0 Å². The summed E-state index contributed by atoms with van der Waals surface area (Å²) in [4.78, 5) is 12.1. The van der Waals surface area contributed by atoms with E-state index in [1.165, 1.54) is 18.2 Å². The number of carbonyl (C=O) groups is 1. The summed E-state index contributed by atoms with van der Waals surface area (Å²) in [6.45, 7) is 0. The third kappa shape index (κ3) is 2.47. The van der Waals surface area contributed by atoms with E-state index in [1.54, 1.807) is 18.2 Å². The molecular formula is C13H10BrNO2. The van der Waals surface area contributed by atoms with Crippen LogP contribution in [0.4, 0.5) is 5.69 Å². The van der Waals surface area contributed by atoms with Gasteiger partial charge in [-0.15, -0.1) is 0 Å². The summed E-state index contributed by atoms with van der Waals surface area (Å²) in [5.41, 5.74) is 6.92. The van der Waals surface area contributed by atoms with Crippen LogP contribution in [-0.2, 0) is 0 Å². The third-order valence-corrected chi connectivity index (χ3v) is 2.86. The molecule has 0 spiro atoms. The summed E-state index contributed by atoms with van der Waals surface area (Å²) in [6, 6.07) is 11.4. The average Bonchev–Trinajstić information content (AvgIpc) is 2.28. The highest BCUT2D eigenvalue weighted by Crippen LogP contribution is 2.22. The van der Waals surface area contributed by atoms with Crippen LogP contribution in [0.25, 0.3) is 0 Å². The molecule has 0 heterocycles. The van der Waals surface area contributed by atoms with Crippen molar-refractivity contribution in [1.29, 1.82) is 0 Å². The monoisotopic (exact) mass is 291 g/mol. The van der Waals surface area contributed by atoms with E-state index in [2.05, 4.69) is 15.9 Å². The van der Waals surface area contributed by atoms with Gasteiger partial charge in [-0.1, -0.05) is 28.1 Å². The van der Waals surface area contributed by atoms with Gasteiger partial charge in [0.15, 0.2) is 5.78 Å². The molecule has 17 heavy (non-hydrogen) atoms. The Labute approximate surface area is 107 Å². The van der Waals surface area contributed by atoms with Gasteiger partial charge in [0.05, 0.1) is 0 Å². The van der Waals surface area contributed by atoms with E-state index in [0.717, 1.165) is 4.47 Å². The van der Waals surface area contributed by atoms with Crippen molar-refractivity contribution in [3.05, 3.63) is 58.1 Å². The van der Waals surface area contributed by atoms with Crippen LogP contribution in [0.1, 0.15) is 15.9 Å². The molecule has 4 heteroatoms. The van der Waals surface area contributed by atoms with Crippen LogP contribution in [-0.4, -0.2) is 10.9 Å². The first-order valence-electron chi connectivity index (χ1n) is 4.96. The number of benzene rings is 2. The van der Waals surface area contributed by atoms with Crippen LogP contribution in [0.3, 0.4) is 0 Å². The van der Waals surface area contributed by atoms with Crippen LogP contribution in [0.15, 0.2) is 46.9 Å². The zero-order valence-electron chi connectivity index (χ0n) is 8.85. The molecule has 0 saturated heterocycles. The highest BCUT2D eigenvalue weighted by molar-refractivity contribution is 9.10. The minimum Gasteiger partial charge on any atom is -0.508 e. The first-order chi connectivity index (χ1) is 8.08. The van der Waals surface area contributed by atoms with E-state index in [0.29, 0.717) is 11.1 Å². The molecular weight excluding hydrogens is 282 g/mol. The van der Waals surface area contributed by atoms with Crippen molar-refractivity contribution in [2.24, 2.45) is 0 Å². The number of hydrogen-bond acceptors (Lipinski definition) is 3. The number of halogens is 1. The smallest absolute Gasteiger partial charge is 0.195 e. The highest BCUT2D eigenvalue weighted by atomic mass is 79.9. The lowest BCUT2D eigenvalue weighted by Crippen LogP contribution is -2.05. The maximum Gasteiger partial charge on any atom is 0.195 e. The van der Waals surface area contributed by atoms with Gasteiger partial charge in [0.2, 0.25) is 0 Å². The molecule has 0 aliphatic heterocycles. The average molecular weight is 292 g/mol. The molecule has 2 rings (SSSR count). The second-order valence-electron chi connectivity index (χ2n) is 3.61. The number of carbonyl (C=O) groups excluding carboxylic acids is 1. The third-order valence-electron chi connectivity index (χ3n) is 2.37. The van der Waals surface area contributed by atoms with Crippen molar-refractivity contribution in [3.8, 4) is 5.75 Å². The molecule has 0 saturated carbocycles. The molecule has 3 nitrogen and oxygen atoms in total. The summed E-state index contributed by atoms with van der Waals surface area (Å²) in [6.07, 6.45) is 0. The van der Waals surface area contributed by atoms with Crippen LogP contribution >= 0.6 is 15.9 Å². The van der Waals surface area contributed by atoms with Crippen molar-refractivity contribution in [2.45, 2.75) is 0 Å². The number of hydrogen-bond donors (Lipinski definition) is 2. The zero-order valence-corrected chi connectivity index (χ0v) is 10.4. The fourth-order valence-corrected chi connectivity index (χ4v) is 1.94. The van der Waals surface area contributed by atoms with Gasteiger partial charge in [0.1, 0.15) is 5.75 Å². The lowest BCUT2D eigenvalue weighted by molar-refractivity contribution is 0.103. The Kier molecular flexibility index (Phi) is 3.15. The number of anilines is 1. The fraction of sp³-hybridized carbons (Fsp3) is 0. The molecule has 86 valence electrons. The zero-order chi connectivity index (χ0) is 12.4. The Balaban J connectivity index is 2.44. The number of phenols is 1. The van der Waals surface area contributed by atoms with Crippen molar-refractivity contribution in [2.75, 3.05) is 5.73 Å². The van der Waals surface area contributed by atoms with Gasteiger partial charge in [-0.3, -0.25) is 4.79 Å². The van der Waals surface area contributed by atoms with Crippen molar-refractivity contribution in [1.82, 2.24) is 0 Å². The molecule has 0 radical (unpaired) electrons. The first-order valence-corrected chi connectivity index (χ1v) is 5.76. The lowest BCUT2D eigenvalue weighted by Gasteiger charge is -2.05. The maximum atomic E-state index is 12.1. The minimum absolute atomic E-state index is 0.0493. The van der Waals surface area contributed by atoms with Crippen LogP contribution in [0.5, 0.6) is 5.75 Å². The molecule has 0 aromatic heterocycles. The summed E-state index contributed by atoms with van der Waals surface area (Å²) in [5.74, 6) is -0.114. The molecule has 3 N–H and O–H groups in total. The van der Waals surface area contributed by atoms with Gasteiger partial charge in [-0.05, 0) is 24.3 Å². The molecule has 0 aliphatic carbocycles. The van der Waals surface area contributed by atoms with Gasteiger partial charge in [0, 0.05) is 27.4 Å². The summed E-state index contributed by atoms with van der Waals surface area (Å²) < 4.78 is 0.834. The second-order valence-corrected chi connectivity index (χ2v) is 4.53. The Morgan fingerprint density at radius 1 is 1.18 bits per heavy atom. The van der Waals surface area contributed by atoms with Gasteiger partial charge in [-0.25, -0.2) is 0 Å². The molecule has 0 bridgehead atoms. The van der Waals surface area contributed by atoms with Crippen LogP contribution in [0, 0.1) is 0 Å².